The molecule has 1 saturated heterocycles. The summed E-state index contributed by atoms with van der Waals surface area (Å²) in [6.45, 7) is 0.250. The lowest BCUT2D eigenvalue weighted by molar-refractivity contribution is -0.119. The number of fused-ring (bicyclic) bond motifs is 1. The van der Waals surface area contributed by atoms with Crippen LogP contribution in [0.1, 0.15) is 23.2 Å². The first kappa shape index (κ1) is 18.7. The van der Waals surface area contributed by atoms with Crippen LogP contribution in [-0.2, 0) is 14.3 Å². The minimum atomic E-state index is -0.605. The van der Waals surface area contributed by atoms with Gasteiger partial charge in [-0.2, -0.15) is 0 Å². The number of rotatable bonds is 5. The van der Waals surface area contributed by atoms with Gasteiger partial charge >= 0.3 is 5.97 Å². The second kappa shape index (κ2) is 8.14. The number of carbonyl (C=O) groups is 3. The molecule has 0 spiro atoms. The predicted molar refractivity (Wildman–Crippen MR) is 111 cm³/mol. The van der Waals surface area contributed by atoms with Crippen LogP contribution in [0.2, 0.25) is 0 Å². The summed E-state index contributed by atoms with van der Waals surface area (Å²) in [4.78, 5) is 38.2. The molecule has 1 N–H and O–H groups in total. The summed E-state index contributed by atoms with van der Waals surface area (Å²) in [7, 11) is 0. The standard InChI is InChI=1S/C23H20N2O4/c26-21(24-20-11-4-7-16-6-1-2-10-19(16)20)15-29-23(28)17-8-3-9-18(14-17)25-13-5-12-22(25)27/h1-4,6-11,14H,5,12-13,15H2,(H,24,26). The summed E-state index contributed by atoms with van der Waals surface area (Å²) in [5.74, 6) is -0.975. The van der Waals surface area contributed by atoms with Gasteiger partial charge in [-0.15, -0.1) is 0 Å². The smallest absolute Gasteiger partial charge is 0.338 e. The summed E-state index contributed by atoms with van der Waals surface area (Å²) in [6, 6.07) is 20.0. The van der Waals surface area contributed by atoms with Gasteiger partial charge in [0.05, 0.1) is 5.56 Å². The molecule has 3 aromatic rings. The normalized spacial score (nSPS) is 13.5. The Morgan fingerprint density at radius 3 is 2.62 bits per heavy atom. The van der Waals surface area contributed by atoms with Gasteiger partial charge < -0.3 is 15.0 Å². The number of nitrogens with one attached hydrogen (secondary N) is 1. The van der Waals surface area contributed by atoms with Gasteiger partial charge in [0.15, 0.2) is 6.61 Å². The van der Waals surface area contributed by atoms with Crippen molar-refractivity contribution in [3.05, 3.63) is 72.3 Å². The maximum absolute atomic E-state index is 12.4. The Morgan fingerprint density at radius 2 is 1.79 bits per heavy atom. The second-order valence-corrected chi connectivity index (χ2v) is 6.85. The quantitative estimate of drug-likeness (QED) is 0.675. The van der Waals surface area contributed by atoms with Crippen molar-refractivity contribution in [1.29, 1.82) is 0 Å². The number of anilines is 2. The highest BCUT2D eigenvalue weighted by Crippen LogP contribution is 2.24. The van der Waals surface area contributed by atoms with Crippen molar-refractivity contribution in [2.24, 2.45) is 0 Å². The zero-order valence-electron chi connectivity index (χ0n) is 15.8. The van der Waals surface area contributed by atoms with Crippen molar-refractivity contribution >= 4 is 39.9 Å². The fraction of sp³-hybridized carbons (Fsp3) is 0.174. The van der Waals surface area contributed by atoms with Crippen LogP contribution in [0.25, 0.3) is 10.8 Å². The number of ether oxygens (including phenoxy) is 1. The number of esters is 1. The largest absolute Gasteiger partial charge is 0.452 e. The average Bonchev–Trinajstić information content (AvgIpc) is 3.18. The second-order valence-electron chi connectivity index (χ2n) is 6.85. The lowest BCUT2D eigenvalue weighted by Crippen LogP contribution is -2.24. The molecule has 1 heterocycles. The molecule has 0 radical (unpaired) electrons. The van der Waals surface area contributed by atoms with Crippen molar-refractivity contribution in [2.75, 3.05) is 23.4 Å². The van der Waals surface area contributed by atoms with E-state index in [1.54, 1.807) is 35.2 Å². The zero-order chi connectivity index (χ0) is 20.2. The topological polar surface area (TPSA) is 75.7 Å². The number of nitrogens with zero attached hydrogens (tertiary/aromatic N) is 1. The van der Waals surface area contributed by atoms with Crippen molar-refractivity contribution in [2.45, 2.75) is 12.8 Å². The fourth-order valence-corrected chi connectivity index (χ4v) is 3.46. The molecule has 6 nitrogen and oxygen atoms in total. The summed E-state index contributed by atoms with van der Waals surface area (Å²) in [6.07, 6.45) is 1.32. The third-order valence-electron chi connectivity index (χ3n) is 4.87. The molecule has 4 rings (SSSR count). The molecule has 0 unspecified atom stereocenters. The van der Waals surface area contributed by atoms with E-state index < -0.39 is 18.5 Å². The number of carbonyl (C=O) groups excluding carboxylic acids is 3. The number of hydrogen-bond donors (Lipinski definition) is 1. The van der Waals surface area contributed by atoms with E-state index in [2.05, 4.69) is 5.32 Å². The highest BCUT2D eigenvalue weighted by molar-refractivity contribution is 6.03. The maximum atomic E-state index is 12.4. The number of hydrogen-bond acceptors (Lipinski definition) is 4. The highest BCUT2D eigenvalue weighted by atomic mass is 16.5. The van der Waals surface area contributed by atoms with Crippen LogP contribution in [-0.4, -0.2) is 30.9 Å². The Bertz CT molecular complexity index is 1090. The third-order valence-corrected chi connectivity index (χ3v) is 4.87. The van der Waals surface area contributed by atoms with Gasteiger partial charge in [0.25, 0.3) is 5.91 Å². The molecule has 2 amide bonds. The molecule has 1 aliphatic rings. The molecule has 0 aromatic heterocycles. The van der Waals surface area contributed by atoms with Gasteiger partial charge in [0.2, 0.25) is 5.91 Å². The van der Waals surface area contributed by atoms with Gasteiger partial charge in [-0.05, 0) is 36.1 Å². The first-order chi connectivity index (χ1) is 14.1. The molecule has 6 heteroatoms. The molecule has 1 aliphatic heterocycles. The molecule has 0 atom stereocenters. The number of benzene rings is 3. The van der Waals surface area contributed by atoms with E-state index in [4.69, 9.17) is 4.74 Å². The van der Waals surface area contributed by atoms with Crippen LogP contribution in [0.5, 0.6) is 0 Å². The Kier molecular flexibility index (Phi) is 5.24. The van der Waals surface area contributed by atoms with E-state index in [0.717, 1.165) is 17.2 Å². The molecular weight excluding hydrogens is 368 g/mol. The van der Waals surface area contributed by atoms with Crippen LogP contribution < -0.4 is 10.2 Å². The van der Waals surface area contributed by atoms with Crippen LogP contribution in [0.3, 0.4) is 0 Å². The van der Waals surface area contributed by atoms with Gasteiger partial charge in [-0.3, -0.25) is 9.59 Å². The summed E-state index contributed by atoms with van der Waals surface area (Å²) in [5, 5.41) is 4.71. The molecule has 3 aromatic carbocycles. The maximum Gasteiger partial charge on any atom is 0.338 e. The van der Waals surface area contributed by atoms with Crippen molar-refractivity contribution in [1.82, 2.24) is 0 Å². The summed E-state index contributed by atoms with van der Waals surface area (Å²) in [5.41, 5.74) is 1.64. The fourth-order valence-electron chi connectivity index (χ4n) is 3.46. The molecule has 29 heavy (non-hydrogen) atoms. The summed E-state index contributed by atoms with van der Waals surface area (Å²) >= 11 is 0. The molecule has 0 saturated carbocycles. The van der Waals surface area contributed by atoms with Gasteiger partial charge in [0, 0.05) is 29.7 Å². The molecule has 146 valence electrons. The van der Waals surface area contributed by atoms with E-state index in [-0.39, 0.29) is 5.91 Å². The highest BCUT2D eigenvalue weighted by Gasteiger charge is 2.22. The molecule has 0 aliphatic carbocycles. The Morgan fingerprint density at radius 1 is 1.00 bits per heavy atom. The van der Waals surface area contributed by atoms with Gasteiger partial charge in [0.1, 0.15) is 0 Å². The van der Waals surface area contributed by atoms with Crippen molar-refractivity contribution in [3.63, 3.8) is 0 Å². The Labute approximate surface area is 168 Å². The van der Waals surface area contributed by atoms with Crippen molar-refractivity contribution in [3.8, 4) is 0 Å². The van der Waals surface area contributed by atoms with E-state index >= 15 is 0 Å². The van der Waals surface area contributed by atoms with Crippen LogP contribution in [0.15, 0.2) is 66.7 Å². The van der Waals surface area contributed by atoms with Crippen molar-refractivity contribution < 1.29 is 19.1 Å². The Hall–Kier alpha value is -3.67. The lowest BCUT2D eigenvalue weighted by atomic mass is 10.1. The van der Waals surface area contributed by atoms with Crippen LogP contribution in [0, 0.1) is 0 Å². The van der Waals surface area contributed by atoms with E-state index in [1.807, 2.05) is 36.4 Å². The van der Waals surface area contributed by atoms with Gasteiger partial charge in [-0.1, -0.05) is 42.5 Å². The lowest BCUT2D eigenvalue weighted by Gasteiger charge is -2.16. The molecule has 1 fully saturated rings. The average molecular weight is 388 g/mol. The van der Waals surface area contributed by atoms with Crippen LogP contribution in [0.4, 0.5) is 11.4 Å². The van der Waals surface area contributed by atoms with E-state index in [0.29, 0.717) is 29.9 Å². The zero-order valence-corrected chi connectivity index (χ0v) is 15.8. The van der Waals surface area contributed by atoms with E-state index in [1.165, 1.54) is 0 Å². The van der Waals surface area contributed by atoms with Gasteiger partial charge in [-0.25, -0.2) is 4.79 Å². The molecular formula is C23H20N2O4. The first-order valence-corrected chi connectivity index (χ1v) is 9.47. The monoisotopic (exact) mass is 388 g/mol. The minimum Gasteiger partial charge on any atom is -0.452 e. The first-order valence-electron chi connectivity index (χ1n) is 9.47. The third kappa shape index (κ3) is 4.11. The minimum absolute atomic E-state index is 0.0463. The predicted octanol–water partition coefficient (Wildman–Crippen LogP) is 3.76. The van der Waals surface area contributed by atoms with E-state index in [9.17, 15) is 14.4 Å². The Balaban J connectivity index is 1.39. The number of amides is 2. The van der Waals surface area contributed by atoms with Crippen LogP contribution >= 0.6 is 0 Å². The SMILES string of the molecule is O=C(COC(=O)c1cccc(N2CCCC2=O)c1)Nc1cccc2ccccc12. The molecule has 0 bridgehead atoms. The summed E-state index contributed by atoms with van der Waals surface area (Å²) < 4.78 is 5.16.